The van der Waals surface area contributed by atoms with Gasteiger partial charge in [0.15, 0.2) is 5.69 Å². The molecule has 10 nitrogen and oxygen atoms in total. The van der Waals surface area contributed by atoms with Crippen molar-refractivity contribution in [3.05, 3.63) is 22.6 Å². The molecule has 3 atom stereocenters. The number of aliphatic hydroxyl groups excluding tert-OH is 1. The number of aromatic nitrogens is 1. The summed E-state index contributed by atoms with van der Waals surface area (Å²) >= 11 is 1.39. The average Bonchev–Trinajstić information content (AvgIpc) is 3.13. The number of aliphatic hydroxyl groups is 1. The van der Waals surface area contributed by atoms with E-state index in [1.54, 1.807) is 4.90 Å². The van der Waals surface area contributed by atoms with Crippen molar-refractivity contribution in [2.24, 2.45) is 11.7 Å². The first kappa shape index (κ1) is 21.2. The number of hydrogen-bond acceptors (Lipinski definition) is 9. The molecule has 2 saturated heterocycles. The Hall–Kier alpha value is -1.53. The Morgan fingerprint density at radius 1 is 1.46 bits per heavy atom. The first-order valence-electron chi connectivity index (χ1n) is 8.40. The number of thioether (sulfide) groups is 1. The van der Waals surface area contributed by atoms with Crippen LogP contribution in [0.3, 0.4) is 0 Å². The van der Waals surface area contributed by atoms with Crippen LogP contribution < -0.4 is 45.3 Å². The number of fused-ring (bicyclic) bond motifs is 1. The van der Waals surface area contributed by atoms with E-state index in [1.807, 2.05) is 0 Å². The molecule has 12 heteroatoms. The van der Waals surface area contributed by atoms with Gasteiger partial charge in [0, 0.05) is 29.7 Å². The molecule has 0 aliphatic carbocycles. The van der Waals surface area contributed by atoms with Crippen LogP contribution in [0.2, 0.25) is 0 Å². The van der Waals surface area contributed by atoms with E-state index in [9.17, 15) is 24.6 Å². The van der Waals surface area contributed by atoms with Crippen LogP contribution in [0.5, 0.6) is 0 Å². The molecule has 1 aromatic rings. The predicted octanol–water partition coefficient (Wildman–Crippen LogP) is -4.73. The Kier molecular flexibility index (Phi) is 5.84. The number of rotatable bonds is 6. The molecule has 2 amide bonds. The minimum Gasteiger partial charge on any atom is -0.543 e. The predicted molar refractivity (Wildman–Crippen MR) is 91.1 cm³/mol. The Bertz CT molecular complexity index is 865. The number of nitrogens with zero attached hydrogens (tertiary/aromatic N) is 3. The number of β-lactam (4-membered cyclic amide) rings is 1. The molecule has 0 spiro atoms. The molecule has 4 heterocycles. The standard InChI is InChI=1S/C16H18N4O6S.Na/c1-6(21)11-9-2-10(12(15(24)25)20(9)14(11)23)27-7-3-19(4-7)16-18-8(5-26-16)13(17)22;/h5-7,9,11,21H,2-4H2,1H3,(H2,17,22)(H,24,25);/q;+1/p-1/t6-,9-,11-;/m1./s1. The molecule has 3 N–H and O–H groups in total. The van der Waals surface area contributed by atoms with Gasteiger partial charge < -0.3 is 35.0 Å². The van der Waals surface area contributed by atoms with Crippen molar-refractivity contribution in [2.45, 2.75) is 30.7 Å². The second kappa shape index (κ2) is 7.71. The normalized spacial score (nSPS) is 25.0. The maximum atomic E-state index is 12.2. The summed E-state index contributed by atoms with van der Waals surface area (Å²) in [6.45, 7) is 2.63. The fourth-order valence-corrected chi connectivity index (χ4v) is 5.19. The van der Waals surface area contributed by atoms with Gasteiger partial charge in [-0.1, -0.05) is 0 Å². The molecule has 4 rings (SSSR count). The fraction of sp³-hybridized carbons (Fsp3) is 0.500. The van der Waals surface area contributed by atoms with Gasteiger partial charge >= 0.3 is 29.6 Å². The molecule has 0 bridgehead atoms. The molecule has 0 aromatic carbocycles. The van der Waals surface area contributed by atoms with Crippen molar-refractivity contribution in [3.8, 4) is 0 Å². The van der Waals surface area contributed by atoms with Gasteiger partial charge in [-0.05, 0) is 6.92 Å². The molecule has 1 aromatic heterocycles. The number of hydrogen-bond donors (Lipinski definition) is 2. The molecule has 144 valence electrons. The molecule has 3 aliphatic rings. The van der Waals surface area contributed by atoms with Gasteiger partial charge in [0.2, 0.25) is 5.91 Å². The zero-order chi connectivity index (χ0) is 19.5. The topological polar surface area (TPSA) is 153 Å². The number of anilines is 1. The number of oxazole rings is 1. The Balaban J connectivity index is 0.00000225. The van der Waals surface area contributed by atoms with Gasteiger partial charge in [-0.3, -0.25) is 9.59 Å². The largest absolute Gasteiger partial charge is 1.00 e. The third-order valence-electron chi connectivity index (χ3n) is 5.05. The van der Waals surface area contributed by atoms with Crippen LogP contribution in [0.25, 0.3) is 0 Å². The number of primary amides is 1. The summed E-state index contributed by atoms with van der Waals surface area (Å²) in [6, 6.07) is -0.0386. The summed E-state index contributed by atoms with van der Waals surface area (Å²) in [4.78, 5) is 42.4. The molecule has 28 heavy (non-hydrogen) atoms. The van der Waals surface area contributed by atoms with E-state index >= 15 is 0 Å². The minimum absolute atomic E-state index is 0. The average molecular weight is 416 g/mol. The molecular weight excluding hydrogens is 399 g/mol. The van der Waals surface area contributed by atoms with Gasteiger partial charge in [-0.25, -0.2) is 0 Å². The van der Waals surface area contributed by atoms with Crippen LogP contribution in [-0.4, -0.2) is 63.3 Å². The SMILES string of the molecule is C[C@@H](O)[C@H]1C(=O)N2C(C(=O)[O-])=C(SC3CN(c4nc(C(N)=O)co4)C3)C[C@H]12.[Na+]. The van der Waals surface area contributed by atoms with Crippen molar-refractivity contribution < 1.29 is 58.6 Å². The Morgan fingerprint density at radius 2 is 2.14 bits per heavy atom. The summed E-state index contributed by atoms with van der Waals surface area (Å²) in [6.07, 6.45) is 0.768. The maximum absolute atomic E-state index is 12.2. The zero-order valence-electron chi connectivity index (χ0n) is 15.3. The van der Waals surface area contributed by atoms with Gasteiger partial charge in [0.25, 0.3) is 11.9 Å². The van der Waals surface area contributed by atoms with Crippen LogP contribution in [0.4, 0.5) is 6.01 Å². The van der Waals surface area contributed by atoms with Crippen molar-refractivity contribution in [3.63, 3.8) is 0 Å². The summed E-state index contributed by atoms with van der Waals surface area (Å²) < 4.78 is 5.21. The van der Waals surface area contributed by atoms with E-state index in [-0.39, 0.29) is 64.2 Å². The number of carbonyl (C=O) groups is 3. The smallest absolute Gasteiger partial charge is 0.543 e. The molecule has 2 fully saturated rings. The summed E-state index contributed by atoms with van der Waals surface area (Å²) in [5, 5.41) is 21.4. The van der Waals surface area contributed by atoms with Crippen LogP contribution in [0.1, 0.15) is 23.8 Å². The van der Waals surface area contributed by atoms with Crippen LogP contribution in [0, 0.1) is 5.92 Å². The second-order valence-corrected chi connectivity index (χ2v) is 8.22. The van der Waals surface area contributed by atoms with E-state index in [0.717, 1.165) is 0 Å². The molecule has 0 radical (unpaired) electrons. The third-order valence-corrected chi connectivity index (χ3v) is 6.33. The summed E-state index contributed by atoms with van der Waals surface area (Å²) in [5.41, 5.74) is 5.10. The number of carboxylic acids is 1. The second-order valence-electron chi connectivity index (χ2n) is 6.83. The molecular formula is C16H17N4NaO6S. The van der Waals surface area contributed by atoms with Gasteiger partial charge in [-0.15, -0.1) is 11.8 Å². The monoisotopic (exact) mass is 416 g/mol. The summed E-state index contributed by atoms with van der Waals surface area (Å²) in [5.74, 6) is -3.01. The quantitative estimate of drug-likeness (QED) is 0.344. The third kappa shape index (κ3) is 3.35. The Labute approximate surface area is 186 Å². The molecule has 0 unspecified atom stereocenters. The van der Waals surface area contributed by atoms with E-state index in [1.165, 1.54) is 29.8 Å². The zero-order valence-corrected chi connectivity index (χ0v) is 18.1. The fourth-order valence-electron chi connectivity index (χ4n) is 3.72. The minimum atomic E-state index is -1.38. The number of aliphatic carboxylic acids is 1. The van der Waals surface area contributed by atoms with Crippen LogP contribution >= 0.6 is 11.8 Å². The van der Waals surface area contributed by atoms with Crippen molar-refractivity contribution in [2.75, 3.05) is 18.0 Å². The Morgan fingerprint density at radius 3 is 2.68 bits per heavy atom. The first-order valence-corrected chi connectivity index (χ1v) is 9.28. The number of carbonyl (C=O) groups excluding carboxylic acids is 3. The first-order chi connectivity index (χ1) is 12.8. The van der Waals surface area contributed by atoms with Crippen molar-refractivity contribution in [1.29, 1.82) is 0 Å². The van der Waals surface area contributed by atoms with E-state index in [4.69, 9.17) is 10.2 Å². The van der Waals surface area contributed by atoms with Gasteiger partial charge in [-0.2, -0.15) is 4.98 Å². The molecule has 0 saturated carbocycles. The number of nitrogens with two attached hydrogens (primary N) is 1. The van der Waals surface area contributed by atoms with Crippen molar-refractivity contribution in [1.82, 2.24) is 9.88 Å². The van der Waals surface area contributed by atoms with Crippen molar-refractivity contribution >= 4 is 35.6 Å². The van der Waals surface area contributed by atoms with Gasteiger partial charge in [0.1, 0.15) is 6.26 Å². The van der Waals surface area contributed by atoms with Gasteiger partial charge in [0.05, 0.1) is 29.7 Å². The van der Waals surface area contributed by atoms with E-state index in [0.29, 0.717) is 24.4 Å². The summed E-state index contributed by atoms with van der Waals surface area (Å²) in [7, 11) is 0. The molecule has 3 aliphatic heterocycles. The van der Waals surface area contributed by atoms with Crippen LogP contribution in [0.15, 0.2) is 21.3 Å². The van der Waals surface area contributed by atoms with E-state index < -0.39 is 23.9 Å². The van der Waals surface area contributed by atoms with E-state index in [2.05, 4.69) is 4.98 Å². The maximum Gasteiger partial charge on any atom is 1.00 e. The number of carboxylic acid groups (broad SMARTS) is 1. The van der Waals surface area contributed by atoms with Crippen LogP contribution in [-0.2, 0) is 9.59 Å². The number of amides is 2.